The van der Waals surface area contributed by atoms with Crippen LogP contribution in [0.5, 0.6) is 0 Å². The topological polar surface area (TPSA) is 0 Å². The second-order valence-corrected chi connectivity index (χ2v) is 0. The van der Waals surface area contributed by atoms with Gasteiger partial charge in [-0.15, -0.1) is 0 Å². The van der Waals surface area contributed by atoms with Crippen LogP contribution in [0.1, 0.15) is 0 Å². The molecule has 0 rings (SSSR count). The van der Waals surface area contributed by atoms with Crippen LogP contribution >= 0.6 is 0 Å². The molecule has 23 valence electrons. The molecular weight excluding hydrogens is 196 g/mol. The van der Waals surface area contributed by atoms with Crippen LogP contribution in [0.25, 0.3) is 0 Å². The van der Waals surface area contributed by atoms with Gasteiger partial charge in [0, 0.05) is 44.1 Å². The molecule has 0 aromatic carbocycles. The van der Waals surface area contributed by atoms with Gasteiger partial charge in [0.2, 0.25) is 0 Å². The zero-order valence-electron chi connectivity index (χ0n) is 0.947. The van der Waals surface area contributed by atoms with Gasteiger partial charge in [-0.1, -0.05) is 0 Å². The van der Waals surface area contributed by atoms with Gasteiger partial charge >= 0.3 is 0 Å². The number of hydrogen-bond acceptors (Lipinski definition) is 0. The van der Waals surface area contributed by atoms with Crippen molar-refractivity contribution in [1.29, 1.82) is 0 Å². The van der Waals surface area contributed by atoms with E-state index in [9.17, 15) is 0 Å². The van der Waals surface area contributed by atoms with E-state index >= 15 is 0 Å². The van der Waals surface area contributed by atoms with E-state index in [2.05, 4.69) is 0 Å². The molecule has 0 bridgehead atoms. The van der Waals surface area contributed by atoms with Crippen LogP contribution in [0.15, 0.2) is 0 Å². The molecule has 0 fully saturated rings. The summed E-state index contributed by atoms with van der Waals surface area (Å²) >= 11 is 0. The minimum atomic E-state index is 0. The van der Waals surface area contributed by atoms with Crippen molar-refractivity contribution in [2.24, 2.45) is 0 Å². The zero-order chi connectivity index (χ0) is 0. The van der Waals surface area contributed by atoms with Crippen molar-refractivity contribution in [3.63, 3.8) is 0 Å². The van der Waals surface area contributed by atoms with Gasteiger partial charge in [-0.3, -0.25) is 0 Å². The third-order valence-electron chi connectivity index (χ3n) is 0. The third kappa shape index (κ3) is 8.88. The molecule has 0 amide bonds. The van der Waals surface area contributed by atoms with Crippen LogP contribution in [0, 0.1) is 0 Å². The summed E-state index contributed by atoms with van der Waals surface area (Å²) in [5.74, 6) is 0. The Bertz CT molecular complexity index is 8.00. The average molecular weight is 203 g/mol. The van der Waals surface area contributed by atoms with Crippen molar-refractivity contribution in [3.8, 4) is 0 Å². The first-order valence-electron chi connectivity index (χ1n) is 0. The molecule has 1 radical (unpaired) electrons. The predicted octanol–water partition coefficient (Wildman–Crippen LogP) is -2.64. The quantitative estimate of drug-likeness (QED) is 0.377. The van der Waals surface area contributed by atoms with Crippen LogP contribution in [0.4, 0.5) is 0 Å². The molecular formula is H7AlNbSiTi. The van der Waals surface area contributed by atoms with Crippen molar-refractivity contribution in [1.82, 2.24) is 0 Å². The van der Waals surface area contributed by atoms with Crippen molar-refractivity contribution in [2.45, 2.75) is 0 Å². The van der Waals surface area contributed by atoms with Gasteiger partial charge in [-0.05, 0) is 11.0 Å². The molecule has 0 N–H and O–H groups in total. The SMILES string of the molecule is [AlH3].[Nb].[SiH4].[Ti]. The van der Waals surface area contributed by atoms with E-state index in [1.54, 1.807) is 0 Å². The van der Waals surface area contributed by atoms with Crippen LogP contribution in [0.2, 0.25) is 0 Å². The Balaban J connectivity index is 0. The average Bonchev–Trinajstić information content (AvgIpc) is 0. The van der Waals surface area contributed by atoms with E-state index < -0.39 is 0 Å². The molecule has 4 heteroatoms. The third-order valence-corrected chi connectivity index (χ3v) is 0. The maximum absolute atomic E-state index is 0. The van der Waals surface area contributed by atoms with Gasteiger partial charge in [0.1, 0.15) is 0 Å². The van der Waals surface area contributed by atoms with Gasteiger partial charge in [-0.25, -0.2) is 0 Å². The largest absolute Gasteiger partial charge is 0.187 e. The van der Waals surface area contributed by atoms with Crippen LogP contribution in [-0.4, -0.2) is 28.3 Å². The summed E-state index contributed by atoms with van der Waals surface area (Å²) in [7, 11) is 0. The van der Waals surface area contributed by atoms with Gasteiger partial charge in [-0.2, -0.15) is 0 Å². The van der Waals surface area contributed by atoms with E-state index in [-0.39, 0.29) is 72.4 Å². The normalized spacial score (nSPS) is 0. The molecule has 4 heavy (non-hydrogen) atoms. The Morgan fingerprint density at radius 3 is 1.00 bits per heavy atom. The minimum Gasteiger partial charge on any atom is -0.0149 e. The Kier molecular flexibility index (Phi) is 164. The molecule has 0 aliphatic heterocycles. The van der Waals surface area contributed by atoms with E-state index in [1.807, 2.05) is 0 Å². The Morgan fingerprint density at radius 1 is 1.00 bits per heavy atom. The first kappa shape index (κ1) is 34.6. The van der Waals surface area contributed by atoms with Gasteiger partial charge < -0.3 is 0 Å². The summed E-state index contributed by atoms with van der Waals surface area (Å²) < 4.78 is 0. The fourth-order valence-corrected chi connectivity index (χ4v) is 0. The smallest absolute Gasteiger partial charge is 0.0149 e. The second kappa shape index (κ2) is 18.9. The molecule has 0 spiro atoms. The molecule has 0 aliphatic carbocycles. The fraction of sp³-hybridized carbons (Fsp3) is 0. The second-order valence-electron chi connectivity index (χ2n) is 0. The number of rotatable bonds is 0. The molecule has 0 saturated heterocycles. The van der Waals surface area contributed by atoms with Crippen molar-refractivity contribution < 1.29 is 44.1 Å². The van der Waals surface area contributed by atoms with E-state index in [0.29, 0.717) is 0 Å². The molecule has 0 aromatic heterocycles. The first-order valence-corrected chi connectivity index (χ1v) is 0. The van der Waals surface area contributed by atoms with Crippen LogP contribution in [0.3, 0.4) is 0 Å². The first-order chi connectivity index (χ1) is 0. The number of hydrogen-bond donors (Lipinski definition) is 0. The van der Waals surface area contributed by atoms with Crippen LogP contribution < -0.4 is 0 Å². The van der Waals surface area contributed by atoms with E-state index in [1.165, 1.54) is 0 Å². The van der Waals surface area contributed by atoms with Gasteiger partial charge in [0.05, 0.1) is 0 Å². The standard InChI is InChI=1S/Al.Nb.H4Si.Ti.3H/h;;1H4;;;;. The van der Waals surface area contributed by atoms with Gasteiger partial charge in [0.15, 0.2) is 17.4 Å². The Morgan fingerprint density at radius 2 is 1.00 bits per heavy atom. The summed E-state index contributed by atoms with van der Waals surface area (Å²) in [4.78, 5) is 0. The zero-order valence-corrected chi connectivity index (χ0v) is 4.71. The summed E-state index contributed by atoms with van der Waals surface area (Å²) in [5, 5.41) is 0. The van der Waals surface area contributed by atoms with Crippen LogP contribution in [-0.2, 0) is 44.1 Å². The fourth-order valence-electron chi connectivity index (χ4n) is 0. The van der Waals surface area contributed by atoms with Crippen molar-refractivity contribution >= 4 is 28.3 Å². The maximum atomic E-state index is 0. The predicted molar refractivity (Wildman–Crippen MR) is 21.3 cm³/mol. The molecule has 0 unspecified atom stereocenters. The molecule has 0 aromatic rings. The summed E-state index contributed by atoms with van der Waals surface area (Å²) in [6, 6.07) is 0. The molecule has 0 nitrogen and oxygen atoms in total. The van der Waals surface area contributed by atoms with Crippen molar-refractivity contribution in [3.05, 3.63) is 0 Å². The summed E-state index contributed by atoms with van der Waals surface area (Å²) in [5.41, 5.74) is 0. The molecule has 0 atom stereocenters. The van der Waals surface area contributed by atoms with E-state index in [0.717, 1.165) is 0 Å². The van der Waals surface area contributed by atoms with Crippen molar-refractivity contribution in [2.75, 3.05) is 0 Å². The summed E-state index contributed by atoms with van der Waals surface area (Å²) in [6.45, 7) is 0. The molecule has 0 aliphatic rings. The van der Waals surface area contributed by atoms with Gasteiger partial charge in [0.25, 0.3) is 0 Å². The monoisotopic (exact) mass is 203 g/mol. The Labute approximate surface area is 71.7 Å². The van der Waals surface area contributed by atoms with E-state index in [4.69, 9.17) is 0 Å². The minimum absolute atomic E-state index is 0. The molecule has 0 saturated carbocycles. The molecule has 0 heterocycles. The summed E-state index contributed by atoms with van der Waals surface area (Å²) in [6.07, 6.45) is 0. The maximum Gasteiger partial charge on any atom is 0.187 e. The Hall–Kier alpha value is 2.20.